The first kappa shape index (κ1) is 15.5. The molecule has 0 unspecified atom stereocenters. The van der Waals surface area contributed by atoms with Gasteiger partial charge in [-0.25, -0.2) is 4.39 Å². The molecule has 2 rings (SSSR count). The molecule has 0 radical (unpaired) electrons. The number of rotatable bonds is 2. The van der Waals surface area contributed by atoms with Crippen LogP contribution in [-0.2, 0) is 11.3 Å². The van der Waals surface area contributed by atoms with E-state index in [1.54, 1.807) is 17.0 Å². The van der Waals surface area contributed by atoms with E-state index in [1.165, 1.54) is 6.07 Å². The molecule has 1 fully saturated rings. The van der Waals surface area contributed by atoms with Crippen LogP contribution in [0, 0.1) is 17.7 Å². The summed E-state index contributed by atoms with van der Waals surface area (Å²) in [6, 6.07) is 4.89. The van der Waals surface area contributed by atoms with Gasteiger partial charge in [0.05, 0.1) is 6.54 Å². The lowest BCUT2D eigenvalue weighted by atomic mass is 10.1. The molecule has 0 atom stereocenters. The fourth-order valence-electron chi connectivity index (χ4n) is 2.49. The van der Waals surface area contributed by atoms with E-state index >= 15 is 0 Å². The van der Waals surface area contributed by atoms with Gasteiger partial charge in [0.25, 0.3) is 0 Å². The van der Waals surface area contributed by atoms with Crippen molar-refractivity contribution in [1.29, 1.82) is 0 Å². The smallest absolute Gasteiger partial charge is 0.222 e. The van der Waals surface area contributed by atoms with Crippen molar-refractivity contribution in [2.24, 2.45) is 5.73 Å². The molecule has 1 heterocycles. The number of benzene rings is 1. The summed E-state index contributed by atoms with van der Waals surface area (Å²) in [6.07, 6.45) is 4.75. The number of carbonyl (C=O) groups excluding carboxylic acids is 1. The van der Waals surface area contributed by atoms with Gasteiger partial charge in [0.2, 0.25) is 5.91 Å². The molecule has 21 heavy (non-hydrogen) atoms. The fourth-order valence-corrected chi connectivity index (χ4v) is 2.49. The maximum absolute atomic E-state index is 14.1. The van der Waals surface area contributed by atoms with Crippen LogP contribution < -0.4 is 5.73 Å². The van der Waals surface area contributed by atoms with Crippen molar-refractivity contribution in [3.8, 4) is 11.8 Å². The van der Waals surface area contributed by atoms with E-state index in [9.17, 15) is 9.18 Å². The summed E-state index contributed by atoms with van der Waals surface area (Å²) in [4.78, 5) is 13.8. The standard InChI is InChI=1S/C17H21FN2O/c18-16-12-14(6-5-10-19)8-9-15(16)13-20-11-4-2-1-3-7-17(20)21/h8-9,12H,1-4,7,10-11,13,19H2. The third kappa shape index (κ3) is 4.57. The molecule has 0 saturated carbocycles. The molecule has 0 bridgehead atoms. The highest BCUT2D eigenvalue weighted by atomic mass is 19.1. The van der Waals surface area contributed by atoms with Crippen LogP contribution in [-0.4, -0.2) is 23.9 Å². The van der Waals surface area contributed by atoms with Crippen LogP contribution in [0.2, 0.25) is 0 Å². The second-order valence-electron chi connectivity index (χ2n) is 5.29. The van der Waals surface area contributed by atoms with Crippen molar-refractivity contribution in [2.75, 3.05) is 13.1 Å². The van der Waals surface area contributed by atoms with Crippen LogP contribution in [0.4, 0.5) is 4.39 Å². The predicted molar refractivity (Wildman–Crippen MR) is 80.8 cm³/mol. The van der Waals surface area contributed by atoms with E-state index in [4.69, 9.17) is 5.73 Å². The maximum atomic E-state index is 14.1. The average Bonchev–Trinajstić information content (AvgIpc) is 2.46. The summed E-state index contributed by atoms with van der Waals surface area (Å²) in [6.45, 7) is 1.31. The monoisotopic (exact) mass is 288 g/mol. The molecule has 1 aliphatic rings. The largest absolute Gasteiger partial charge is 0.338 e. The number of nitrogens with zero attached hydrogens (tertiary/aromatic N) is 1. The van der Waals surface area contributed by atoms with Gasteiger partial charge in [-0.1, -0.05) is 30.7 Å². The van der Waals surface area contributed by atoms with Gasteiger partial charge in [0, 0.05) is 30.6 Å². The van der Waals surface area contributed by atoms with Gasteiger partial charge in [0.15, 0.2) is 0 Å². The Morgan fingerprint density at radius 2 is 2.05 bits per heavy atom. The molecule has 2 N–H and O–H groups in total. The van der Waals surface area contributed by atoms with Crippen molar-refractivity contribution >= 4 is 5.91 Å². The van der Waals surface area contributed by atoms with Crippen molar-refractivity contribution in [1.82, 2.24) is 4.90 Å². The third-order valence-corrected chi connectivity index (χ3v) is 3.67. The van der Waals surface area contributed by atoms with Crippen LogP contribution in [0.5, 0.6) is 0 Å². The highest BCUT2D eigenvalue weighted by molar-refractivity contribution is 5.76. The number of amides is 1. The minimum Gasteiger partial charge on any atom is -0.338 e. The van der Waals surface area contributed by atoms with E-state index in [0.29, 0.717) is 30.6 Å². The first-order chi connectivity index (χ1) is 10.2. The van der Waals surface area contributed by atoms with E-state index in [1.807, 2.05) is 0 Å². The van der Waals surface area contributed by atoms with Gasteiger partial charge in [-0.15, -0.1) is 0 Å². The van der Waals surface area contributed by atoms with Crippen LogP contribution in [0.3, 0.4) is 0 Å². The molecule has 112 valence electrons. The van der Waals surface area contributed by atoms with E-state index in [0.717, 1.165) is 25.7 Å². The normalized spacial score (nSPS) is 15.9. The molecule has 1 aliphatic heterocycles. The van der Waals surface area contributed by atoms with Crippen LogP contribution in [0.15, 0.2) is 18.2 Å². The molecule has 4 heteroatoms. The minimum absolute atomic E-state index is 0.126. The molecule has 0 spiro atoms. The number of hydrogen-bond donors (Lipinski definition) is 1. The SMILES string of the molecule is NCC#Cc1ccc(CN2CCCCCCC2=O)c(F)c1. The van der Waals surface area contributed by atoms with Gasteiger partial charge in [0.1, 0.15) is 5.82 Å². The van der Waals surface area contributed by atoms with Crippen molar-refractivity contribution < 1.29 is 9.18 Å². The molecule has 3 nitrogen and oxygen atoms in total. The zero-order valence-electron chi connectivity index (χ0n) is 12.2. The number of halogens is 1. The molecule has 1 aromatic rings. The number of nitrogens with two attached hydrogens (primary N) is 1. The van der Waals surface area contributed by atoms with Crippen LogP contribution in [0.25, 0.3) is 0 Å². The molecule has 1 amide bonds. The summed E-state index contributed by atoms with van der Waals surface area (Å²) in [5, 5.41) is 0. The lowest BCUT2D eigenvalue weighted by molar-refractivity contribution is -0.132. The van der Waals surface area contributed by atoms with Crippen molar-refractivity contribution in [3.63, 3.8) is 0 Å². The first-order valence-electron chi connectivity index (χ1n) is 7.46. The Morgan fingerprint density at radius 3 is 2.81 bits per heavy atom. The van der Waals surface area contributed by atoms with Gasteiger partial charge in [-0.3, -0.25) is 4.79 Å². The van der Waals surface area contributed by atoms with Gasteiger partial charge in [-0.2, -0.15) is 0 Å². The number of hydrogen-bond acceptors (Lipinski definition) is 2. The molecule has 0 aromatic heterocycles. The zero-order valence-corrected chi connectivity index (χ0v) is 12.2. The minimum atomic E-state index is -0.311. The third-order valence-electron chi connectivity index (χ3n) is 3.67. The van der Waals surface area contributed by atoms with Gasteiger partial charge >= 0.3 is 0 Å². The summed E-state index contributed by atoms with van der Waals surface area (Å²) >= 11 is 0. The highest BCUT2D eigenvalue weighted by Crippen LogP contribution is 2.17. The summed E-state index contributed by atoms with van der Waals surface area (Å²) in [5.74, 6) is 5.32. The lowest BCUT2D eigenvalue weighted by Crippen LogP contribution is -2.32. The zero-order chi connectivity index (χ0) is 15.1. The maximum Gasteiger partial charge on any atom is 0.222 e. The van der Waals surface area contributed by atoms with Crippen molar-refractivity contribution in [3.05, 3.63) is 35.1 Å². The molecule has 1 saturated heterocycles. The van der Waals surface area contributed by atoms with E-state index in [-0.39, 0.29) is 18.3 Å². The predicted octanol–water partition coefficient (Wildman–Crippen LogP) is 2.43. The molecule has 0 aliphatic carbocycles. The van der Waals surface area contributed by atoms with Gasteiger partial charge < -0.3 is 10.6 Å². The van der Waals surface area contributed by atoms with Crippen LogP contribution >= 0.6 is 0 Å². The van der Waals surface area contributed by atoms with Crippen LogP contribution in [0.1, 0.15) is 43.2 Å². The molecular formula is C17H21FN2O. The second kappa shape index (κ2) is 7.80. The summed E-state index contributed by atoms with van der Waals surface area (Å²) in [5.41, 5.74) is 6.45. The summed E-state index contributed by atoms with van der Waals surface area (Å²) in [7, 11) is 0. The molecule has 1 aromatic carbocycles. The fraction of sp³-hybridized carbons (Fsp3) is 0.471. The first-order valence-corrected chi connectivity index (χ1v) is 7.46. The Morgan fingerprint density at radius 1 is 1.24 bits per heavy atom. The van der Waals surface area contributed by atoms with Gasteiger partial charge in [-0.05, 0) is 25.0 Å². The second-order valence-corrected chi connectivity index (χ2v) is 5.29. The Kier molecular flexibility index (Phi) is 5.77. The number of carbonyl (C=O) groups is 1. The lowest BCUT2D eigenvalue weighted by Gasteiger charge is -2.25. The van der Waals surface area contributed by atoms with Crippen molar-refractivity contribution in [2.45, 2.75) is 38.6 Å². The Balaban J connectivity index is 2.08. The van der Waals surface area contributed by atoms with E-state index < -0.39 is 0 Å². The number of likely N-dealkylation sites (tertiary alicyclic amines) is 1. The highest BCUT2D eigenvalue weighted by Gasteiger charge is 2.17. The van der Waals surface area contributed by atoms with E-state index in [2.05, 4.69) is 11.8 Å². The quantitative estimate of drug-likeness (QED) is 0.850. The Hall–Kier alpha value is -1.86. The topological polar surface area (TPSA) is 46.3 Å². The Labute approximate surface area is 125 Å². The average molecular weight is 288 g/mol. The molecular weight excluding hydrogens is 267 g/mol. The Bertz CT molecular complexity index is 560. The summed E-state index contributed by atoms with van der Waals surface area (Å²) < 4.78 is 14.1.